The molecular weight excluding hydrogens is 218 g/mol. The van der Waals surface area contributed by atoms with Crippen LogP contribution in [-0.2, 0) is 16.5 Å². The smallest absolute Gasteiger partial charge is 0.176 e. The highest BCUT2D eigenvalue weighted by Crippen LogP contribution is 2.23. The Morgan fingerprint density at radius 1 is 1.24 bits per heavy atom. The Morgan fingerprint density at radius 3 is 2.29 bits per heavy atom. The van der Waals surface area contributed by atoms with Crippen molar-refractivity contribution in [1.82, 2.24) is 9.78 Å². The topological polar surface area (TPSA) is 48.3 Å². The molecule has 0 aliphatic carbocycles. The lowest BCUT2D eigenvalue weighted by molar-refractivity contribution is -0.109. The first-order valence-corrected chi connectivity index (χ1v) is 5.85. The zero-order valence-corrected chi connectivity index (χ0v) is 11.5. The molecule has 0 aliphatic heterocycles. The van der Waals surface area contributed by atoms with Crippen molar-refractivity contribution >= 4 is 5.69 Å². The molecule has 5 heteroatoms. The molecule has 98 valence electrons. The molecule has 0 bridgehead atoms. The van der Waals surface area contributed by atoms with E-state index in [9.17, 15) is 0 Å². The fourth-order valence-electron chi connectivity index (χ4n) is 1.86. The third-order valence-corrected chi connectivity index (χ3v) is 2.66. The summed E-state index contributed by atoms with van der Waals surface area (Å²) in [6, 6.07) is 0.0618. The summed E-state index contributed by atoms with van der Waals surface area (Å²) in [7, 11) is 5.20. The zero-order chi connectivity index (χ0) is 13.0. The largest absolute Gasteiger partial charge is 0.375 e. The maximum absolute atomic E-state index is 5.23. The van der Waals surface area contributed by atoms with E-state index in [-0.39, 0.29) is 12.3 Å². The third-order valence-electron chi connectivity index (χ3n) is 2.66. The zero-order valence-electron chi connectivity index (χ0n) is 11.5. The van der Waals surface area contributed by atoms with Crippen LogP contribution in [0.15, 0.2) is 6.20 Å². The van der Waals surface area contributed by atoms with Crippen molar-refractivity contribution in [3.8, 4) is 0 Å². The second kappa shape index (κ2) is 6.02. The van der Waals surface area contributed by atoms with Gasteiger partial charge in [-0.15, -0.1) is 0 Å². The van der Waals surface area contributed by atoms with Gasteiger partial charge in [0.1, 0.15) is 0 Å². The Bertz CT molecular complexity index is 346. The van der Waals surface area contributed by atoms with Crippen LogP contribution in [0, 0.1) is 0 Å². The van der Waals surface area contributed by atoms with E-state index in [0.29, 0.717) is 5.92 Å². The molecule has 1 rings (SSSR count). The summed E-state index contributed by atoms with van der Waals surface area (Å²) >= 11 is 0. The average molecular weight is 241 g/mol. The molecule has 0 spiro atoms. The van der Waals surface area contributed by atoms with Crippen molar-refractivity contribution in [3.63, 3.8) is 0 Å². The third kappa shape index (κ3) is 3.44. The van der Waals surface area contributed by atoms with Crippen molar-refractivity contribution in [2.75, 3.05) is 19.5 Å². The molecule has 0 aromatic carbocycles. The van der Waals surface area contributed by atoms with Crippen LogP contribution >= 0.6 is 0 Å². The van der Waals surface area contributed by atoms with Gasteiger partial charge in [-0.05, 0) is 12.8 Å². The number of hydrogen-bond acceptors (Lipinski definition) is 4. The van der Waals surface area contributed by atoms with Crippen LogP contribution in [0.4, 0.5) is 5.69 Å². The van der Waals surface area contributed by atoms with E-state index in [1.807, 2.05) is 24.9 Å². The number of aryl methyl sites for hydroxylation is 1. The van der Waals surface area contributed by atoms with Gasteiger partial charge in [0.25, 0.3) is 0 Å². The predicted molar refractivity (Wildman–Crippen MR) is 68.2 cm³/mol. The van der Waals surface area contributed by atoms with Gasteiger partial charge in [-0.3, -0.25) is 4.68 Å². The first kappa shape index (κ1) is 14.0. The molecule has 0 amide bonds. The van der Waals surface area contributed by atoms with Gasteiger partial charge in [-0.1, -0.05) is 13.8 Å². The lowest BCUT2D eigenvalue weighted by atomic mass is 10.1. The van der Waals surface area contributed by atoms with Gasteiger partial charge in [0.05, 0.1) is 17.4 Å². The summed E-state index contributed by atoms with van der Waals surface area (Å²) in [5, 5.41) is 7.83. The molecule has 17 heavy (non-hydrogen) atoms. The molecule has 1 atom stereocenters. The Hall–Kier alpha value is -1.07. The monoisotopic (exact) mass is 241 g/mol. The summed E-state index contributed by atoms with van der Waals surface area (Å²) in [6.07, 6.45) is 1.71. The van der Waals surface area contributed by atoms with Gasteiger partial charge in [-0.2, -0.15) is 5.10 Å². The first-order valence-electron chi connectivity index (χ1n) is 5.85. The lowest BCUT2D eigenvalue weighted by Gasteiger charge is -2.23. The average Bonchev–Trinajstić information content (AvgIpc) is 2.61. The highest BCUT2D eigenvalue weighted by Gasteiger charge is 2.19. The number of anilines is 1. The lowest BCUT2D eigenvalue weighted by Crippen LogP contribution is -2.34. The maximum Gasteiger partial charge on any atom is 0.176 e. The highest BCUT2D eigenvalue weighted by atomic mass is 16.7. The van der Waals surface area contributed by atoms with E-state index in [2.05, 4.69) is 24.3 Å². The molecule has 5 nitrogen and oxygen atoms in total. The van der Waals surface area contributed by atoms with E-state index in [1.54, 1.807) is 14.2 Å². The molecule has 0 fully saturated rings. The standard InChI is InChI=1S/C12H23N3O2/c1-8(2)11-10(7-15(4)14-11)13-9(3)12(16-5)17-6/h7-9,12-13H,1-6H3. The fourth-order valence-corrected chi connectivity index (χ4v) is 1.86. The van der Waals surface area contributed by atoms with Crippen LogP contribution in [0.5, 0.6) is 0 Å². The normalized spacial score (nSPS) is 13.4. The number of nitrogens with one attached hydrogen (secondary N) is 1. The summed E-state index contributed by atoms with van der Waals surface area (Å²) in [4.78, 5) is 0. The molecule has 1 N–H and O–H groups in total. The van der Waals surface area contributed by atoms with Crippen molar-refractivity contribution in [2.45, 2.75) is 39.0 Å². The number of nitrogens with zero attached hydrogens (tertiary/aromatic N) is 2. The Morgan fingerprint density at radius 2 is 1.82 bits per heavy atom. The minimum absolute atomic E-state index is 0.0618. The van der Waals surface area contributed by atoms with Crippen molar-refractivity contribution in [2.24, 2.45) is 7.05 Å². The van der Waals surface area contributed by atoms with Gasteiger partial charge in [0, 0.05) is 27.5 Å². The fraction of sp³-hybridized carbons (Fsp3) is 0.750. The molecule has 1 aromatic heterocycles. The number of aromatic nitrogens is 2. The molecule has 1 unspecified atom stereocenters. The Balaban J connectivity index is 2.80. The van der Waals surface area contributed by atoms with E-state index in [0.717, 1.165) is 11.4 Å². The van der Waals surface area contributed by atoms with Crippen LogP contribution in [0.25, 0.3) is 0 Å². The Labute approximate surface area is 103 Å². The summed E-state index contributed by atoms with van der Waals surface area (Å²) in [6.45, 7) is 6.28. The minimum Gasteiger partial charge on any atom is -0.375 e. The summed E-state index contributed by atoms with van der Waals surface area (Å²) in [5.74, 6) is 0.384. The van der Waals surface area contributed by atoms with Crippen molar-refractivity contribution in [1.29, 1.82) is 0 Å². The van der Waals surface area contributed by atoms with Gasteiger partial charge < -0.3 is 14.8 Å². The van der Waals surface area contributed by atoms with E-state index in [1.165, 1.54) is 0 Å². The van der Waals surface area contributed by atoms with E-state index >= 15 is 0 Å². The molecule has 1 aromatic rings. The van der Waals surface area contributed by atoms with Gasteiger partial charge in [0.15, 0.2) is 6.29 Å². The highest BCUT2D eigenvalue weighted by molar-refractivity contribution is 5.48. The van der Waals surface area contributed by atoms with Gasteiger partial charge >= 0.3 is 0 Å². The maximum atomic E-state index is 5.23. The number of rotatable bonds is 6. The van der Waals surface area contributed by atoms with Crippen molar-refractivity contribution < 1.29 is 9.47 Å². The predicted octanol–water partition coefficient (Wildman–Crippen LogP) is 1.96. The van der Waals surface area contributed by atoms with Crippen LogP contribution in [0.1, 0.15) is 32.4 Å². The molecular formula is C12H23N3O2. The van der Waals surface area contributed by atoms with Crippen LogP contribution < -0.4 is 5.32 Å². The minimum atomic E-state index is -0.268. The van der Waals surface area contributed by atoms with Crippen molar-refractivity contribution in [3.05, 3.63) is 11.9 Å². The number of hydrogen-bond donors (Lipinski definition) is 1. The molecule has 1 heterocycles. The van der Waals surface area contributed by atoms with Crippen LogP contribution in [0.3, 0.4) is 0 Å². The molecule has 0 saturated carbocycles. The first-order chi connectivity index (χ1) is 7.99. The van der Waals surface area contributed by atoms with Gasteiger partial charge in [-0.25, -0.2) is 0 Å². The molecule has 0 radical (unpaired) electrons. The second-order valence-electron chi connectivity index (χ2n) is 4.53. The summed E-state index contributed by atoms with van der Waals surface area (Å²) < 4.78 is 12.3. The SMILES string of the molecule is COC(OC)C(C)Nc1cn(C)nc1C(C)C. The number of methoxy groups -OCH3 is 2. The van der Waals surface area contributed by atoms with E-state index in [4.69, 9.17) is 9.47 Å². The van der Waals surface area contributed by atoms with E-state index < -0.39 is 0 Å². The quantitative estimate of drug-likeness (QED) is 0.773. The second-order valence-corrected chi connectivity index (χ2v) is 4.53. The molecule has 0 saturated heterocycles. The van der Waals surface area contributed by atoms with Gasteiger partial charge in [0.2, 0.25) is 0 Å². The van der Waals surface area contributed by atoms with Crippen LogP contribution in [-0.4, -0.2) is 36.3 Å². The molecule has 0 aliphatic rings. The summed E-state index contributed by atoms with van der Waals surface area (Å²) in [5.41, 5.74) is 2.10. The van der Waals surface area contributed by atoms with Crippen LogP contribution in [0.2, 0.25) is 0 Å². The number of ether oxygens (including phenoxy) is 2. The Kier molecular flexibility index (Phi) is 4.96.